The zero-order valence-electron chi connectivity index (χ0n) is 33.3. The maximum atomic E-state index is 14.0. The van der Waals surface area contributed by atoms with Crippen molar-refractivity contribution in [2.24, 2.45) is 17.6 Å². The van der Waals surface area contributed by atoms with E-state index < -0.39 is 41.8 Å². The lowest BCUT2D eigenvalue weighted by atomic mass is 9.93. The van der Waals surface area contributed by atoms with Gasteiger partial charge in [0.05, 0.1) is 49.2 Å². The highest BCUT2D eigenvalue weighted by atomic mass is 19.1. The summed E-state index contributed by atoms with van der Waals surface area (Å²) in [6.07, 6.45) is 1.50. The number of halogens is 2. The van der Waals surface area contributed by atoms with Crippen molar-refractivity contribution >= 4 is 23.6 Å². The number of carbonyl (C=O) groups excluding carboxylic acids is 4. The number of hydrogen-bond donors (Lipinski definition) is 3. The summed E-state index contributed by atoms with van der Waals surface area (Å²) in [7, 11) is 8.24. The highest BCUT2D eigenvalue weighted by molar-refractivity contribution is 5.87. The zero-order chi connectivity index (χ0) is 39.7. The molecule has 0 bridgehead atoms. The summed E-state index contributed by atoms with van der Waals surface area (Å²) in [5.41, 5.74) is 6.22. The van der Waals surface area contributed by atoms with E-state index in [-0.39, 0.29) is 79.7 Å². The molecule has 1 aliphatic heterocycles. The Labute approximate surface area is 310 Å². The number of nitrogens with two attached hydrogens (primary N) is 1. The highest BCUT2D eigenvalue weighted by Gasteiger charge is 2.43. The average molecular weight is 741 g/mol. The van der Waals surface area contributed by atoms with E-state index in [1.54, 1.807) is 18.9 Å². The van der Waals surface area contributed by atoms with Gasteiger partial charge in [0.1, 0.15) is 11.6 Å². The first-order valence-electron chi connectivity index (χ1n) is 18.5. The summed E-state index contributed by atoms with van der Waals surface area (Å²) in [6.45, 7) is 11.9. The molecule has 6 unspecified atom stereocenters. The van der Waals surface area contributed by atoms with Crippen LogP contribution in [-0.4, -0.2) is 130 Å². The lowest BCUT2D eigenvalue weighted by molar-refractivity contribution is -0.144. The molecular formula is C38H66F2N6O6. The van der Waals surface area contributed by atoms with Crippen LogP contribution in [-0.2, 0) is 35.1 Å². The Kier molecular flexibility index (Phi) is 21.1. The molecule has 1 aliphatic rings. The Balaban J connectivity index is 0.00000434. The lowest BCUT2D eigenvalue weighted by Crippen LogP contribution is -2.53. The molecule has 4 N–H and O–H groups in total. The zero-order valence-corrected chi connectivity index (χ0v) is 33.3. The fraction of sp³-hybridized carbons (Fsp3) is 0.737. The molecule has 1 aromatic rings. The molecule has 0 saturated carbocycles. The summed E-state index contributed by atoms with van der Waals surface area (Å²) in [4.78, 5) is 58.1. The minimum Gasteiger partial charge on any atom is -0.379 e. The highest BCUT2D eigenvalue weighted by Crippen LogP contribution is 2.28. The maximum Gasteiger partial charge on any atom is 0.242 e. The van der Waals surface area contributed by atoms with E-state index in [1.807, 2.05) is 39.8 Å². The fourth-order valence-corrected chi connectivity index (χ4v) is 6.89. The summed E-state index contributed by atoms with van der Waals surface area (Å²) in [6, 6.07) is 1.92. The van der Waals surface area contributed by atoms with Crippen LogP contribution in [0, 0.1) is 23.5 Å². The standard InChI is InChI=1S/C35H58F2N6O6.C3H8/c1-10-12-27(42(7)31(45)19-40-35(47)32(21(2)3)41(5)6)29(48-8)18-30(44)43-20-23(38)17-28(43)33(49-9)22(4)34(46)39-16-15-24-25(36)13-11-14-26(24)37;1-3-2/h11,13-14,21-23,27-29,32-33H,10,12,15-20,38H2,1-9H3,(H,39,46)(H,40,47);3H2,1-2H3/t22?,23?,27-,28?,29?,32?,33?;/m0./s1. The second-order valence-corrected chi connectivity index (χ2v) is 14.3. The van der Waals surface area contributed by atoms with Crippen molar-refractivity contribution in [1.29, 1.82) is 0 Å². The summed E-state index contributed by atoms with van der Waals surface area (Å²) < 4.78 is 39.7. The van der Waals surface area contributed by atoms with Crippen LogP contribution < -0.4 is 16.4 Å². The van der Waals surface area contributed by atoms with Crippen LogP contribution in [0.25, 0.3) is 0 Å². The number of likely N-dealkylation sites (N-methyl/N-ethyl adjacent to an activating group) is 2. The Bertz CT molecular complexity index is 1240. The largest absolute Gasteiger partial charge is 0.379 e. The molecule has 4 amide bonds. The molecule has 1 heterocycles. The Hall–Kier alpha value is -3.20. The van der Waals surface area contributed by atoms with Crippen molar-refractivity contribution in [2.75, 3.05) is 55.0 Å². The minimum atomic E-state index is -0.714. The maximum absolute atomic E-state index is 14.0. The molecule has 0 radical (unpaired) electrons. The third-order valence-corrected chi connectivity index (χ3v) is 9.44. The van der Waals surface area contributed by atoms with Gasteiger partial charge in [-0.05, 0) is 51.4 Å². The molecule has 52 heavy (non-hydrogen) atoms. The molecule has 0 spiro atoms. The third kappa shape index (κ3) is 13.7. The van der Waals surface area contributed by atoms with E-state index >= 15 is 0 Å². The van der Waals surface area contributed by atoms with Gasteiger partial charge in [-0.2, -0.15) is 0 Å². The normalized spacial score (nSPS) is 18.6. The quantitative estimate of drug-likeness (QED) is 0.196. The monoisotopic (exact) mass is 741 g/mol. The van der Waals surface area contributed by atoms with E-state index in [1.165, 1.54) is 43.7 Å². The van der Waals surface area contributed by atoms with Gasteiger partial charge >= 0.3 is 0 Å². The molecule has 7 atom stereocenters. The van der Waals surface area contributed by atoms with Gasteiger partial charge in [0.15, 0.2) is 0 Å². The number of hydrogen-bond acceptors (Lipinski definition) is 8. The molecule has 0 aromatic heterocycles. The first kappa shape index (κ1) is 46.8. The van der Waals surface area contributed by atoms with Crippen LogP contribution in [0.4, 0.5) is 8.78 Å². The van der Waals surface area contributed by atoms with Gasteiger partial charge in [0, 0.05) is 46.0 Å². The van der Waals surface area contributed by atoms with Crippen LogP contribution in [0.3, 0.4) is 0 Å². The third-order valence-electron chi connectivity index (χ3n) is 9.44. The second kappa shape index (κ2) is 23.5. The molecule has 12 nitrogen and oxygen atoms in total. The van der Waals surface area contributed by atoms with E-state index in [2.05, 4.69) is 24.5 Å². The van der Waals surface area contributed by atoms with Gasteiger partial charge in [-0.25, -0.2) is 8.78 Å². The molecule has 1 fully saturated rings. The smallest absolute Gasteiger partial charge is 0.242 e. The van der Waals surface area contributed by atoms with Gasteiger partial charge in [-0.3, -0.25) is 24.1 Å². The molecule has 2 rings (SSSR count). The number of nitrogens with one attached hydrogen (secondary N) is 2. The van der Waals surface area contributed by atoms with Crippen LogP contribution >= 0.6 is 0 Å². The molecule has 14 heteroatoms. The van der Waals surface area contributed by atoms with E-state index in [4.69, 9.17) is 15.2 Å². The van der Waals surface area contributed by atoms with Crippen LogP contribution in [0.5, 0.6) is 0 Å². The van der Waals surface area contributed by atoms with Gasteiger partial charge in [-0.1, -0.05) is 60.5 Å². The van der Waals surface area contributed by atoms with Crippen molar-refractivity contribution in [2.45, 2.75) is 116 Å². The molecule has 0 aliphatic carbocycles. The van der Waals surface area contributed by atoms with Crippen LogP contribution in [0.1, 0.15) is 79.2 Å². The molecular weight excluding hydrogens is 674 g/mol. The van der Waals surface area contributed by atoms with E-state index in [9.17, 15) is 28.0 Å². The first-order valence-corrected chi connectivity index (χ1v) is 18.5. The number of methoxy groups -OCH3 is 2. The predicted molar refractivity (Wildman–Crippen MR) is 199 cm³/mol. The lowest BCUT2D eigenvalue weighted by Gasteiger charge is -2.37. The Morgan fingerprint density at radius 2 is 1.58 bits per heavy atom. The van der Waals surface area contributed by atoms with Crippen molar-refractivity contribution in [3.63, 3.8) is 0 Å². The van der Waals surface area contributed by atoms with Gasteiger partial charge in [0.2, 0.25) is 23.6 Å². The van der Waals surface area contributed by atoms with Crippen LogP contribution in [0.2, 0.25) is 0 Å². The van der Waals surface area contributed by atoms with Crippen molar-refractivity contribution in [3.05, 3.63) is 35.4 Å². The summed E-state index contributed by atoms with van der Waals surface area (Å²) >= 11 is 0. The molecule has 1 aromatic carbocycles. The SMILES string of the molecule is CCC.CCC[C@@H](C(CC(=O)N1CC(N)CC1C(OC)C(C)C(=O)NCCc1c(F)cccc1F)OC)N(C)C(=O)CNC(=O)C(C(C)C)N(C)C. The van der Waals surface area contributed by atoms with Gasteiger partial charge in [-0.15, -0.1) is 0 Å². The van der Waals surface area contributed by atoms with E-state index in [0.29, 0.717) is 12.8 Å². The average Bonchev–Trinajstić information content (AvgIpc) is 3.47. The van der Waals surface area contributed by atoms with Gasteiger partial charge in [0.25, 0.3) is 0 Å². The predicted octanol–water partition coefficient (Wildman–Crippen LogP) is 3.35. The first-order chi connectivity index (χ1) is 24.5. The number of benzene rings is 1. The number of ether oxygens (including phenoxy) is 2. The van der Waals surface area contributed by atoms with Crippen molar-refractivity contribution in [1.82, 2.24) is 25.3 Å². The number of amides is 4. The second-order valence-electron chi connectivity index (χ2n) is 14.3. The fourth-order valence-electron chi connectivity index (χ4n) is 6.89. The van der Waals surface area contributed by atoms with Crippen LogP contribution in [0.15, 0.2) is 18.2 Å². The van der Waals surface area contributed by atoms with Gasteiger partial charge < -0.3 is 35.6 Å². The summed E-state index contributed by atoms with van der Waals surface area (Å²) in [5, 5.41) is 5.49. The summed E-state index contributed by atoms with van der Waals surface area (Å²) in [5.74, 6) is -3.20. The van der Waals surface area contributed by atoms with Crippen molar-refractivity contribution < 1.29 is 37.4 Å². The van der Waals surface area contributed by atoms with E-state index in [0.717, 1.165) is 6.42 Å². The topological polar surface area (TPSA) is 147 Å². The Morgan fingerprint density at radius 3 is 2.08 bits per heavy atom. The number of nitrogens with zero attached hydrogens (tertiary/aromatic N) is 3. The van der Waals surface area contributed by atoms with Crippen molar-refractivity contribution in [3.8, 4) is 0 Å². The number of likely N-dealkylation sites (tertiary alicyclic amines) is 1. The molecule has 1 saturated heterocycles. The molecule has 298 valence electrons. The number of carbonyl (C=O) groups is 4. The Morgan fingerprint density at radius 1 is 0.981 bits per heavy atom. The minimum absolute atomic E-state index is 0.0164. The number of rotatable bonds is 19.